The van der Waals surface area contributed by atoms with Gasteiger partial charge < -0.3 is 10.2 Å². The van der Waals surface area contributed by atoms with E-state index < -0.39 is 12.5 Å². The Morgan fingerprint density at radius 3 is 0.881 bits per heavy atom. The standard InChI is InChI=1S/C36H62N4O2/c1-5-9-13-25-37-29(17-19-31(37)33-21-23-35(41)39(33)27-15-11-7-3)30-18-20-32(38(30)26-14-10-6-2)34-22-24-36(42)40(34)28-16-12-8-4/h17-24,29-36,41-42H,5-16,25-28H2,1-4H3. The molecule has 238 valence electrons. The van der Waals surface area contributed by atoms with Crippen molar-refractivity contribution in [3.8, 4) is 0 Å². The molecule has 4 aliphatic rings. The molecule has 42 heavy (non-hydrogen) atoms. The van der Waals surface area contributed by atoms with E-state index in [9.17, 15) is 10.2 Å². The molecule has 6 heteroatoms. The van der Waals surface area contributed by atoms with Gasteiger partial charge in [0.1, 0.15) is 12.5 Å². The van der Waals surface area contributed by atoms with Crippen LogP contribution in [-0.4, -0.2) is 105 Å². The van der Waals surface area contributed by atoms with Crippen LogP contribution in [0.4, 0.5) is 0 Å². The van der Waals surface area contributed by atoms with Crippen LogP contribution in [0, 0.1) is 0 Å². The highest BCUT2D eigenvalue weighted by Crippen LogP contribution is 2.36. The number of hydrogen-bond acceptors (Lipinski definition) is 6. The van der Waals surface area contributed by atoms with Crippen molar-refractivity contribution in [3.63, 3.8) is 0 Å². The highest BCUT2D eigenvalue weighted by molar-refractivity contribution is 5.29. The number of nitrogens with zero attached hydrogens (tertiary/aromatic N) is 4. The minimum atomic E-state index is -0.475. The van der Waals surface area contributed by atoms with Crippen LogP contribution < -0.4 is 0 Å². The minimum absolute atomic E-state index is 0.219. The second-order valence-corrected chi connectivity index (χ2v) is 13.1. The van der Waals surface area contributed by atoms with Crippen LogP contribution >= 0.6 is 0 Å². The highest BCUT2D eigenvalue weighted by Gasteiger charge is 2.46. The second kappa shape index (κ2) is 17.3. The fraction of sp³-hybridized carbons (Fsp3) is 0.778. The molecule has 4 rings (SSSR count). The summed E-state index contributed by atoms with van der Waals surface area (Å²) < 4.78 is 0. The lowest BCUT2D eigenvalue weighted by Gasteiger charge is -2.43. The largest absolute Gasteiger partial charge is 0.375 e. The zero-order valence-electron chi connectivity index (χ0n) is 27.2. The lowest BCUT2D eigenvalue weighted by molar-refractivity contribution is -0.00175. The van der Waals surface area contributed by atoms with Crippen molar-refractivity contribution in [1.29, 1.82) is 0 Å². The first-order chi connectivity index (χ1) is 20.5. The van der Waals surface area contributed by atoms with Crippen LogP contribution in [0.25, 0.3) is 0 Å². The molecule has 0 fully saturated rings. The van der Waals surface area contributed by atoms with Gasteiger partial charge in [-0.15, -0.1) is 0 Å². The summed E-state index contributed by atoms with van der Waals surface area (Å²) in [6, 6.07) is 1.65. The van der Waals surface area contributed by atoms with Gasteiger partial charge in [0, 0.05) is 49.3 Å². The fourth-order valence-electron chi connectivity index (χ4n) is 7.71. The van der Waals surface area contributed by atoms with Gasteiger partial charge in [-0.1, -0.05) is 116 Å². The molecule has 2 N–H and O–H groups in total. The molecule has 0 aliphatic carbocycles. The Balaban J connectivity index is 1.54. The summed E-state index contributed by atoms with van der Waals surface area (Å²) in [7, 11) is 0. The molecule has 8 unspecified atom stereocenters. The third-order valence-electron chi connectivity index (χ3n) is 10.1. The van der Waals surface area contributed by atoms with E-state index in [0.717, 1.165) is 39.0 Å². The molecule has 0 aromatic carbocycles. The molecule has 4 aliphatic heterocycles. The van der Waals surface area contributed by atoms with Crippen LogP contribution in [0.1, 0.15) is 105 Å². The lowest BCUT2D eigenvalue weighted by Crippen LogP contribution is -2.58. The summed E-state index contributed by atoms with van der Waals surface area (Å²) in [6.07, 6.45) is 31.9. The average Bonchev–Trinajstić information content (AvgIpc) is 3.76. The van der Waals surface area contributed by atoms with E-state index in [1.165, 1.54) is 64.2 Å². The van der Waals surface area contributed by atoms with Gasteiger partial charge in [0.05, 0.1) is 0 Å². The van der Waals surface area contributed by atoms with E-state index in [4.69, 9.17) is 0 Å². The van der Waals surface area contributed by atoms with Crippen molar-refractivity contribution in [2.24, 2.45) is 0 Å². The molecule has 4 heterocycles. The average molecular weight is 583 g/mol. The van der Waals surface area contributed by atoms with Crippen molar-refractivity contribution in [1.82, 2.24) is 19.6 Å². The quantitative estimate of drug-likeness (QED) is 0.142. The Hall–Kier alpha value is -1.28. The Labute approximate surface area is 257 Å². The van der Waals surface area contributed by atoms with E-state index in [2.05, 4.69) is 83.8 Å². The van der Waals surface area contributed by atoms with Crippen molar-refractivity contribution < 1.29 is 10.2 Å². The molecular formula is C36H62N4O2. The van der Waals surface area contributed by atoms with E-state index >= 15 is 0 Å². The molecule has 0 radical (unpaired) electrons. The van der Waals surface area contributed by atoms with E-state index in [-0.39, 0.29) is 24.2 Å². The van der Waals surface area contributed by atoms with Crippen LogP contribution in [0.5, 0.6) is 0 Å². The van der Waals surface area contributed by atoms with E-state index in [1.54, 1.807) is 0 Å². The molecule has 0 saturated heterocycles. The molecule has 0 aromatic rings. The maximum atomic E-state index is 10.9. The predicted octanol–water partition coefficient (Wildman–Crippen LogP) is 6.08. The molecule has 0 saturated carbocycles. The van der Waals surface area contributed by atoms with Crippen molar-refractivity contribution >= 4 is 0 Å². The van der Waals surface area contributed by atoms with Crippen LogP contribution in [0.3, 0.4) is 0 Å². The molecule has 0 bridgehead atoms. The van der Waals surface area contributed by atoms with Crippen LogP contribution in [0.15, 0.2) is 48.6 Å². The van der Waals surface area contributed by atoms with Crippen molar-refractivity contribution in [2.45, 2.75) is 153 Å². The number of aliphatic hydroxyl groups excluding tert-OH is 2. The predicted molar refractivity (Wildman–Crippen MR) is 176 cm³/mol. The zero-order valence-corrected chi connectivity index (χ0v) is 27.2. The molecule has 0 amide bonds. The van der Waals surface area contributed by atoms with E-state index in [1.807, 2.05) is 12.2 Å². The lowest BCUT2D eigenvalue weighted by atomic mass is 10.0. The smallest absolute Gasteiger partial charge is 0.127 e. The molecular weight excluding hydrogens is 520 g/mol. The summed E-state index contributed by atoms with van der Waals surface area (Å²) in [5.74, 6) is 0. The molecule has 6 nitrogen and oxygen atoms in total. The van der Waals surface area contributed by atoms with E-state index in [0.29, 0.717) is 12.1 Å². The maximum Gasteiger partial charge on any atom is 0.127 e. The summed E-state index contributed by atoms with van der Waals surface area (Å²) in [5, 5.41) is 21.8. The van der Waals surface area contributed by atoms with Gasteiger partial charge in [0.25, 0.3) is 0 Å². The number of unbranched alkanes of at least 4 members (excludes halogenated alkanes) is 8. The maximum absolute atomic E-state index is 10.9. The van der Waals surface area contributed by atoms with Gasteiger partial charge in [-0.25, -0.2) is 0 Å². The van der Waals surface area contributed by atoms with Gasteiger partial charge in [-0.3, -0.25) is 19.6 Å². The van der Waals surface area contributed by atoms with Gasteiger partial charge in [0.2, 0.25) is 0 Å². The Morgan fingerprint density at radius 2 is 0.595 bits per heavy atom. The summed E-state index contributed by atoms with van der Waals surface area (Å²) in [6.45, 7) is 13.1. The first-order valence-corrected chi connectivity index (χ1v) is 17.7. The second-order valence-electron chi connectivity index (χ2n) is 13.1. The third kappa shape index (κ3) is 8.05. The molecule has 0 spiro atoms. The summed E-state index contributed by atoms with van der Waals surface area (Å²) in [4.78, 5) is 10.2. The summed E-state index contributed by atoms with van der Waals surface area (Å²) >= 11 is 0. The van der Waals surface area contributed by atoms with Gasteiger partial charge >= 0.3 is 0 Å². The Kier molecular flexibility index (Phi) is 13.8. The highest BCUT2D eigenvalue weighted by atomic mass is 16.3. The van der Waals surface area contributed by atoms with Crippen LogP contribution in [-0.2, 0) is 0 Å². The monoisotopic (exact) mass is 582 g/mol. The molecule has 0 aromatic heterocycles. The number of rotatable bonds is 19. The summed E-state index contributed by atoms with van der Waals surface area (Å²) in [5.41, 5.74) is 0. The SMILES string of the molecule is CCCCCN1C(O)C=CC1C1C=CC(C2C=CC(C3C=CC(O)N3CCCCC)N2CCCCC)N1CCCCC. The topological polar surface area (TPSA) is 53.4 Å². The first kappa shape index (κ1) is 33.6. The number of aliphatic hydroxyl groups is 2. The van der Waals surface area contributed by atoms with Crippen molar-refractivity contribution in [2.75, 3.05) is 26.2 Å². The number of hydrogen-bond donors (Lipinski definition) is 2. The molecule has 8 atom stereocenters. The van der Waals surface area contributed by atoms with Gasteiger partial charge in [-0.2, -0.15) is 0 Å². The van der Waals surface area contributed by atoms with Gasteiger partial charge in [-0.05, 0) is 50.9 Å². The zero-order chi connectivity index (χ0) is 29.9. The Bertz CT molecular complexity index is 831. The third-order valence-corrected chi connectivity index (χ3v) is 10.1. The van der Waals surface area contributed by atoms with Crippen LogP contribution in [0.2, 0.25) is 0 Å². The first-order valence-electron chi connectivity index (χ1n) is 17.7. The normalized spacial score (nSPS) is 33.8. The Morgan fingerprint density at radius 1 is 0.357 bits per heavy atom. The van der Waals surface area contributed by atoms with Gasteiger partial charge in [0.15, 0.2) is 0 Å². The fourth-order valence-corrected chi connectivity index (χ4v) is 7.71. The van der Waals surface area contributed by atoms with Crippen molar-refractivity contribution in [3.05, 3.63) is 48.6 Å². The minimum Gasteiger partial charge on any atom is -0.375 e.